The highest BCUT2D eigenvalue weighted by Crippen LogP contribution is 2.30. The molecule has 2 aromatic carbocycles. The van der Waals surface area contributed by atoms with Gasteiger partial charge in [-0.2, -0.15) is 26.3 Å². The summed E-state index contributed by atoms with van der Waals surface area (Å²) in [4.78, 5) is 3.72. The minimum Gasteiger partial charge on any atom is -0.383 e. The summed E-state index contributed by atoms with van der Waals surface area (Å²) >= 11 is 0. The minimum atomic E-state index is -4.50. The molecule has 25 heavy (non-hydrogen) atoms. The highest BCUT2D eigenvalue weighted by molar-refractivity contribution is 6.09. The lowest BCUT2D eigenvalue weighted by molar-refractivity contribution is -0.138. The Balaban J connectivity index is 2.20. The highest BCUT2D eigenvalue weighted by Gasteiger charge is 2.30. The first kappa shape index (κ1) is 18.5. The third kappa shape index (κ3) is 4.59. The molecule has 3 N–H and O–H groups in total. The lowest BCUT2D eigenvalue weighted by Gasteiger charge is -2.08. The van der Waals surface area contributed by atoms with Crippen LogP contribution in [0.4, 0.5) is 26.3 Å². The number of nitrogens with one attached hydrogen (secondary N) is 1. The number of benzene rings is 2. The average molecular weight is 359 g/mol. The number of amidine groups is 2. The summed E-state index contributed by atoms with van der Waals surface area (Å²) in [6, 6.07) is 7.56. The summed E-state index contributed by atoms with van der Waals surface area (Å²) in [7, 11) is 0. The van der Waals surface area contributed by atoms with Gasteiger partial charge in [0.1, 0.15) is 5.84 Å². The first-order valence-electron chi connectivity index (χ1n) is 6.76. The molecule has 0 spiro atoms. The number of aliphatic imine (C=N–C) groups is 1. The molecule has 0 saturated heterocycles. The van der Waals surface area contributed by atoms with E-state index in [1.807, 2.05) is 0 Å². The zero-order chi connectivity index (χ0) is 18.8. The van der Waals surface area contributed by atoms with E-state index in [1.54, 1.807) is 0 Å². The Morgan fingerprint density at radius 2 is 1.08 bits per heavy atom. The van der Waals surface area contributed by atoms with Gasteiger partial charge in [0.05, 0.1) is 11.1 Å². The van der Waals surface area contributed by atoms with Gasteiger partial charge in [0.15, 0.2) is 5.84 Å². The summed E-state index contributed by atoms with van der Waals surface area (Å²) in [5.41, 5.74) is 4.15. The van der Waals surface area contributed by atoms with Crippen molar-refractivity contribution < 1.29 is 26.3 Å². The first-order valence-corrected chi connectivity index (χ1v) is 6.76. The van der Waals surface area contributed by atoms with Crippen LogP contribution in [0.2, 0.25) is 0 Å². The molecule has 0 aromatic heterocycles. The van der Waals surface area contributed by atoms with Crippen molar-refractivity contribution in [3.05, 3.63) is 70.8 Å². The van der Waals surface area contributed by atoms with E-state index in [9.17, 15) is 26.3 Å². The first-order chi connectivity index (χ1) is 11.5. The summed E-state index contributed by atoms with van der Waals surface area (Å²) in [5.74, 6) is -0.634. The van der Waals surface area contributed by atoms with E-state index in [4.69, 9.17) is 11.1 Å². The van der Waals surface area contributed by atoms with E-state index in [-0.39, 0.29) is 17.0 Å². The lowest BCUT2D eigenvalue weighted by Crippen LogP contribution is -2.16. The standard InChI is InChI=1S/C16H11F6N3/c17-15(18,19)11-5-1-9(2-6-11)13(23)25-14(24)10-3-7-12(8-4-10)16(20,21)22/h1-8H,(H3,23,24,25). The van der Waals surface area contributed by atoms with E-state index in [1.165, 1.54) is 0 Å². The van der Waals surface area contributed by atoms with Crippen LogP contribution < -0.4 is 5.73 Å². The van der Waals surface area contributed by atoms with Crippen molar-refractivity contribution in [3.8, 4) is 0 Å². The fourth-order valence-electron chi connectivity index (χ4n) is 1.90. The third-order valence-electron chi connectivity index (χ3n) is 3.23. The fraction of sp³-hybridized carbons (Fsp3) is 0.125. The largest absolute Gasteiger partial charge is 0.416 e. The van der Waals surface area contributed by atoms with Crippen molar-refractivity contribution in [1.82, 2.24) is 0 Å². The Hall–Kier alpha value is -2.84. The molecule has 0 aliphatic heterocycles. The van der Waals surface area contributed by atoms with Crippen molar-refractivity contribution >= 4 is 11.7 Å². The van der Waals surface area contributed by atoms with Gasteiger partial charge >= 0.3 is 12.4 Å². The second kappa shape index (κ2) is 6.58. The van der Waals surface area contributed by atoms with E-state index >= 15 is 0 Å². The summed E-state index contributed by atoms with van der Waals surface area (Å²) in [6.07, 6.45) is -8.99. The number of hydrogen-bond donors (Lipinski definition) is 2. The molecule has 0 unspecified atom stereocenters. The summed E-state index contributed by atoms with van der Waals surface area (Å²) in [5, 5.41) is 7.75. The molecule has 0 saturated carbocycles. The van der Waals surface area contributed by atoms with Crippen molar-refractivity contribution in [2.24, 2.45) is 10.7 Å². The monoisotopic (exact) mass is 359 g/mol. The number of rotatable bonds is 2. The SMILES string of the molecule is N=C(N=C(N)c1ccc(C(F)(F)F)cc1)c1ccc(C(F)(F)F)cc1. The van der Waals surface area contributed by atoms with E-state index in [0.29, 0.717) is 0 Å². The predicted octanol–water partition coefficient (Wildman–Crippen LogP) is 4.46. The molecule has 0 radical (unpaired) electrons. The maximum absolute atomic E-state index is 12.5. The molecule has 0 aliphatic carbocycles. The van der Waals surface area contributed by atoms with Crippen molar-refractivity contribution in [2.45, 2.75) is 12.4 Å². The van der Waals surface area contributed by atoms with Gasteiger partial charge in [0.25, 0.3) is 0 Å². The van der Waals surface area contributed by atoms with Crippen LogP contribution in [0.3, 0.4) is 0 Å². The highest BCUT2D eigenvalue weighted by atomic mass is 19.4. The number of alkyl halides is 6. The Kier molecular flexibility index (Phi) is 4.87. The topological polar surface area (TPSA) is 62.2 Å². The molecular formula is C16H11F6N3. The fourth-order valence-corrected chi connectivity index (χ4v) is 1.90. The molecule has 0 amide bonds. The number of nitrogens with zero attached hydrogens (tertiary/aromatic N) is 1. The number of halogens is 6. The smallest absolute Gasteiger partial charge is 0.383 e. The second-order valence-corrected chi connectivity index (χ2v) is 5.00. The maximum atomic E-state index is 12.5. The molecule has 0 heterocycles. The van der Waals surface area contributed by atoms with E-state index in [0.717, 1.165) is 48.5 Å². The molecule has 2 rings (SSSR count). The Labute approximate surface area is 138 Å². The van der Waals surface area contributed by atoms with Crippen molar-refractivity contribution in [3.63, 3.8) is 0 Å². The van der Waals surface area contributed by atoms with Crippen LogP contribution >= 0.6 is 0 Å². The maximum Gasteiger partial charge on any atom is 0.416 e. The predicted molar refractivity (Wildman–Crippen MR) is 80.4 cm³/mol. The van der Waals surface area contributed by atoms with Crippen molar-refractivity contribution in [2.75, 3.05) is 0 Å². The van der Waals surface area contributed by atoms with Gasteiger partial charge in [0, 0.05) is 11.1 Å². The molecule has 0 aliphatic rings. The summed E-state index contributed by atoms with van der Waals surface area (Å²) in [6.45, 7) is 0. The van der Waals surface area contributed by atoms with E-state index in [2.05, 4.69) is 4.99 Å². The molecular weight excluding hydrogens is 348 g/mol. The van der Waals surface area contributed by atoms with Gasteiger partial charge in [-0.1, -0.05) is 24.3 Å². The molecule has 0 fully saturated rings. The van der Waals surface area contributed by atoms with Gasteiger partial charge in [-0.05, 0) is 24.3 Å². The van der Waals surface area contributed by atoms with Crippen LogP contribution in [0.15, 0.2) is 53.5 Å². The number of nitrogens with two attached hydrogens (primary N) is 1. The van der Waals surface area contributed by atoms with Crippen LogP contribution in [-0.2, 0) is 12.4 Å². The quantitative estimate of drug-likeness (QED) is 0.464. The van der Waals surface area contributed by atoms with Crippen LogP contribution in [-0.4, -0.2) is 11.7 Å². The molecule has 2 aromatic rings. The second-order valence-electron chi connectivity index (χ2n) is 5.00. The van der Waals surface area contributed by atoms with Crippen LogP contribution in [0.5, 0.6) is 0 Å². The molecule has 9 heteroatoms. The molecule has 132 valence electrons. The van der Waals surface area contributed by atoms with Gasteiger partial charge in [-0.3, -0.25) is 5.41 Å². The molecule has 3 nitrogen and oxygen atoms in total. The van der Waals surface area contributed by atoms with Crippen LogP contribution in [0.25, 0.3) is 0 Å². The average Bonchev–Trinajstić information content (AvgIpc) is 2.53. The van der Waals surface area contributed by atoms with Gasteiger partial charge in [-0.15, -0.1) is 0 Å². The Morgan fingerprint density at radius 3 is 1.44 bits per heavy atom. The van der Waals surface area contributed by atoms with Crippen molar-refractivity contribution in [1.29, 1.82) is 5.41 Å². The van der Waals surface area contributed by atoms with Gasteiger partial charge < -0.3 is 5.73 Å². The normalized spacial score (nSPS) is 13.0. The lowest BCUT2D eigenvalue weighted by atomic mass is 10.1. The zero-order valence-corrected chi connectivity index (χ0v) is 12.4. The number of hydrogen-bond acceptors (Lipinski definition) is 1. The minimum absolute atomic E-state index is 0.0860. The molecule has 0 atom stereocenters. The van der Waals surface area contributed by atoms with Gasteiger partial charge in [0.2, 0.25) is 0 Å². The zero-order valence-electron chi connectivity index (χ0n) is 12.4. The third-order valence-corrected chi connectivity index (χ3v) is 3.23. The van der Waals surface area contributed by atoms with Gasteiger partial charge in [-0.25, -0.2) is 4.99 Å². The Morgan fingerprint density at radius 1 is 0.720 bits per heavy atom. The van der Waals surface area contributed by atoms with Crippen LogP contribution in [0, 0.1) is 5.41 Å². The Bertz CT molecular complexity index is 787. The molecule has 0 bridgehead atoms. The van der Waals surface area contributed by atoms with Crippen LogP contribution in [0.1, 0.15) is 22.3 Å². The van der Waals surface area contributed by atoms with E-state index < -0.39 is 29.3 Å². The summed E-state index contributed by atoms with van der Waals surface area (Å²) < 4.78 is 74.9.